The highest BCUT2D eigenvalue weighted by Crippen LogP contribution is 2.13. The molecule has 0 aliphatic rings. The van der Waals surface area contributed by atoms with Gasteiger partial charge < -0.3 is 15.0 Å². The Morgan fingerprint density at radius 3 is 2.25 bits per heavy atom. The number of nitrogens with zero attached hydrogens (tertiary/aromatic N) is 1. The van der Waals surface area contributed by atoms with Crippen molar-refractivity contribution in [3.8, 4) is 5.75 Å². The molecule has 2 amide bonds. The van der Waals surface area contributed by atoms with Crippen LogP contribution in [-0.4, -0.2) is 36.4 Å². The van der Waals surface area contributed by atoms with Gasteiger partial charge in [0.2, 0.25) is 11.8 Å². The SMILES string of the molecule is CCC(=O)N(Cc1ccc(F)cc1)C(C)C(=O)NCCc1ccc(OC)cc1. The van der Waals surface area contributed by atoms with Crippen LogP contribution >= 0.6 is 0 Å². The zero-order valence-electron chi connectivity index (χ0n) is 16.6. The molecule has 0 aliphatic carbocycles. The predicted octanol–water partition coefficient (Wildman–Crippen LogP) is 3.32. The number of hydrogen-bond acceptors (Lipinski definition) is 3. The van der Waals surface area contributed by atoms with Gasteiger partial charge in [0.1, 0.15) is 17.6 Å². The van der Waals surface area contributed by atoms with Gasteiger partial charge in [-0.3, -0.25) is 9.59 Å². The molecule has 0 saturated carbocycles. The molecule has 0 spiro atoms. The van der Waals surface area contributed by atoms with Crippen molar-refractivity contribution in [2.24, 2.45) is 0 Å². The number of carbonyl (C=O) groups is 2. The Balaban J connectivity index is 1.93. The van der Waals surface area contributed by atoms with Crippen molar-refractivity contribution in [2.45, 2.75) is 39.3 Å². The molecule has 2 rings (SSSR count). The van der Waals surface area contributed by atoms with E-state index in [1.165, 1.54) is 17.0 Å². The van der Waals surface area contributed by atoms with E-state index in [4.69, 9.17) is 4.74 Å². The molecule has 6 heteroatoms. The molecule has 5 nitrogen and oxygen atoms in total. The number of ether oxygens (including phenoxy) is 1. The molecule has 1 unspecified atom stereocenters. The Morgan fingerprint density at radius 2 is 1.68 bits per heavy atom. The summed E-state index contributed by atoms with van der Waals surface area (Å²) in [5.41, 5.74) is 1.86. The first-order valence-electron chi connectivity index (χ1n) is 9.39. The largest absolute Gasteiger partial charge is 0.497 e. The highest BCUT2D eigenvalue weighted by atomic mass is 19.1. The number of amides is 2. The van der Waals surface area contributed by atoms with E-state index in [1.54, 1.807) is 33.1 Å². The van der Waals surface area contributed by atoms with E-state index in [0.717, 1.165) is 16.9 Å². The van der Waals surface area contributed by atoms with Crippen molar-refractivity contribution in [1.82, 2.24) is 10.2 Å². The van der Waals surface area contributed by atoms with Gasteiger partial charge in [0, 0.05) is 19.5 Å². The minimum atomic E-state index is -0.617. The highest BCUT2D eigenvalue weighted by molar-refractivity contribution is 5.87. The lowest BCUT2D eigenvalue weighted by Crippen LogP contribution is -2.47. The first-order chi connectivity index (χ1) is 13.4. The number of carbonyl (C=O) groups excluding carboxylic acids is 2. The van der Waals surface area contributed by atoms with Crippen LogP contribution in [0.1, 0.15) is 31.4 Å². The number of benzene rings is 2. The van der Waals surface area contributed by atoms with Gasteiger partial charge in [0.15, 0.2) is 0 Å². The van der Waals surface area contributed by atoms with E-state index < -0.39 is 6.04 Å². The number of hydrogen-bond donors (Lipinski definition) is 1. The van der Waals surface area contributed by atoms with E-state index >= 15 is 0 Å². The summed E-state index contributed by atoms with van der Waals surface area (Å²) >= 11 is 0. The summed E-state index contributed by atoms with van der Waals surface area (Å²) in [5.74, 6) is 0.122. The third kappa shape index (κ3) is 6.08. The first kappa shape index (κ1) is 21.4. The maximum absolute atomic E-state index is 13.1. The topological polar surface area (TPSA) is 58.6 Å². The predicted molar refractivity (Wildman–Crippen MR) is 106 cm³/mol. The molecule has 150 valence electrons. The molecule has 0 saturated heterocycles. The molecule has 0 fully saturated rings. The van der Waals surface area contributed by atoms with Gasteiger partial charge in [-0.15, -0.1) is 0 Å². The van der Waals surface area contributed by atoms with E-state index in [9.17, 15) is 14.0 Å². The normalized spacial score (nSPS) is 11.6. The molecule has 2 aromatic carbocycles. The lowest BCUT2D eigenvalue weighted by Gasteiger charge is -2.28. The highest BCUT2D eigenvalue weighted by Gasteiger charge is 2.24. The van der Waals surface area contributed by atoms with Crippen molar-refractivity contribution < 1.29 is 18.7 Å². The monoisotopic (exact) mass is 386 g/mol. The molecule has 1 atom stereocenters. The van der Waals surface area contributed by atoms with Crippen LogP contribution in [0.5, 0.6) is 5.75 Å². The summed E-state index contributed by atoms with van der Waals surface area (Å²) in [6, 6.07) is 13.0. The molecule has 0 heterocycles. The van der Waals surface area contributed by atoms with Crippen LogP contribution in [0.4, 0.5) is 4.39 Å². The van der Waals surface area contributed by atoms with Crippen LogP contribution in [0.15, 0.2) is 48.5 Å². The Bertz CT molecular complexity index is 775. The smallest absolute Gasteiger partial charge is 0.242 e. The molecule has 0 bridgehead atoms. The molecule has 0 radical (unpaired) electrons. The minimum absolute atomic E-state index is 0.123. The summed E-state index contributed by atoms with van der Waals surface area (Å²) in [6.45, 7) is 4.20. The second kappa shape index (κ2) is 10.4. The zero-order valence-corrected chi connectivity index (χ0v) is 16.6. The van der Waals surface area contributed by atoms with E-state index in [0.29, 0.717) is 19.4 Å². The zero-order chi connectivity index (χ0) is 20.5. The summed E-state index contributed by atoms with van der Waals surface area (Å²) in [4.78, 5) is 26.4. The van der Waals surface area contributed by atoms with Crippen molar-refractivity contribution in [2.75, 3.05) is 13.7 Å². The Hall–Kier alpha value is -2.89. The molecular formula is C22H27FN2O3. The van der Waals surface area contributed by atoms with Crippen LogP contribution in [0, 0.1) is 5.82 Å². The summed E-state index contributed by atoms with van der Waals surface area (Å²) in [5, 5.41) is 2.89. The van der Waals surface area contributed by atoms with Crippen molar-refractivity contribution >= 4 is 11.8 Å². The lowest BCUT2D eigenvalue weighted by molar-refractivity contribution is -0.140. The van der Waals surface area contributed by atoms with Gasteiger partial charge >= 0.3 is 0 Å². The van der Waals surface area contributed by atoms with Crippen LogP contribution in [0.25, 0.3) is 0 Å². The number of nitrogens with one attached hydrogen (secondary N) is 1. The van der Waals surface area contributed by atoms with Gasteiger partial charge in [-0.2, -0.15) is 0 Å². The fraction of sp³-hybridized carbons (Fsp3) is 0.364. The molecule has 2 aromatic rings. The van der Waals surface area contributed by atoms with Crippen molar-refractivity contribution in [3.05, 3.63) is 65.5 Å². The number of halogens is 1. The average molecular weight is 386 g/mol. The minimum Gasteiger partial charge on any atom is -0.497 e. The van der Waals surface area contributed by atoms with Gasteiger partial charge in [-0.1, -0.05) is 31.2 Å². The Kier molecular flexibility index (Phi) is 7.99. The van der Waals surface area contributed by atoms with E-state index in [-0.39, 0.29) is 24.2 Å². The third-order valence-electron chi connectivity index (χ3n) is 4.61. The average Bonchev–Trinajstić information content (AvgIpc) is 2.72. The van der Waals surface area contributed by atoms with Crippen LogP contribution in [0.3, 0.4) is 0 Å². The van der Waals surface area contributed by atoms with Gasteiger partial charge in [-0.25, -0.2) is 4.39 Å². The Morgan fingerprint density at radius 1 is 1.07 bits per heavy atom. The lowest BCUT2D eigenvalue weighted by atomic mass is 10.1. The second-order valence-corrected chi connectivity index (χ2v) is 6.57. The van der Waals surface area contributed by atoms with Crippen LogP contribution in [0.2, 0.25) is 0 Å². The molecule has 0 aliphatic heterocycles. The molecule has 1 N–H and O–H groups in total. The van der Waals surface area contributed by atoms with Crippen molar-refractivity contribution in [1.29, 1.82) is 0 Å². The summed E-state index contributed by atoms with van der Waals surface area (Å²) in [7, 11) is 1.62. The maximum Gasteiger partial charge on any atom is 0.242 e. The van der Waals surface area contributed by atoms with Crippen LogP contribution < -0.4 is 10.1 Å². The number of rotatable bonds is 9. The van der Waals surface area contributed by atoms with E-state index in [1.807, 2.05) is 24.3 Å². The standard InChI is InChI=1S/C22H27FN2O3/c1-4-21(26)25(15-18-5-9-19(23)10-6-18)16(2)22(27)24-14-13-17-7-11-20(28-3)12-8-17/h5-12,16H,4,13-15H2,1-3H3,(H,24,27). The maximum atomic E-state index is 13.1. The van der Waals surface area contributed by atoms with E-state index in [2.05, 4.69) is 5.32 Å². The van der Waals surface area contributed by atoms with Crippen LogP contribution in [-0.2, 0) is 22.6 Å². The summed E-state index contributed by atoms with van der Waals surface area (Å²) in [6.07, 6.45) is 0.979. The number of methoxy groups -OCH3 is 1. The van der Waals surface area contributed by atoms with Gasteiger partial charge in [-0.05, 0) is 48.7 Å². The molecule has 0 aromatic heterocycles. The fourth-order valence-electron chi connectivity index (χ4n) is 2.84. The fourth-order valence-corrected chi connectivity index (χ4v) is 2.84. The summed E-state index contributed by atoms with van der Waals surface area (Å²) < 4.78 is 18.2. The second-order valence-electron chi connectivity index (χ2n) is 6.57. The van der Waals surface area contributed by atoms with Gasteiger partial charge in [0.25, 0.3) is 0 Å². The Labute approximate surface area is 165 Å². The first-order valence-corrected chi connectivity index (χ1v) is 9.39. The molecular weight excluding hydrogens is 359 g/mol. The molecule has 28 heavy (non-hydrogen) atoms. The quantitative estimate of drug-likeness (QED) is 0.719. The van der Waals surface area contributed by atoms with Crippen molar-refractivity contribution in [3.63, 3.8) is 0 Å². The van der Waals surface area contributed by atoms with Gasteiger partial charge in [0.05, 0.1) is 7.11 Å². The third-order valence-corrected chi connectivity index (χ3v) is 4.61.